The molecule has 0 aliphatic heterocycles. The maximum Gasteiger partial charge on any atom is 0.224 e. The summed E-state index contributed by atoms with van der Waals surface area (Å²) in [5.41, 5.74) is 7.59. The van der Waals surface area contributed by atoms with E-state index in [2.05, 4.69) is 21.2 Å². The largest absolute Gasteiger partial charge is 0.396 e. The molecule has 0 unspecified atom stereocenters. The maximum absolute atomic E-state index is 11.9. The predicted molar refractivity (Wildman–Crippen MR) is 92.0 cm³/mol. The number of anilines is 2. The first kappa shape index (κ1) is 16.1. The minimum atomic E-state index is -0.105. The van der Waals surface area contributed by atoms with Crippen LogP contribution >= 0.6 is 39.1 Å². The molecule has 3 N–H and O–H groups in total. The van der Waals surface area contributed by atoms with Crippen LogP contribution in [0, 0.1) is 0 Å². The zero-order valence-corrected chi connectivity index (χ0v) is 14.1. The second kappa shape index (κ2) is 7.16. The molecule has 0 saturated heterocycles. The number of rotatable bonds is 4. The van der Waals surface area contributed by atoms with Crippen molar-refractivity contribution in [2.24, 2.45) is 0 Å². The fourth-order valence-electron chi connectivity index (χ4n) is 1.83. The van der Waals surface area contributed by atoms with Crippen LogP contribution in [0.3, 0.4) is 0 Å². The van der Waals surface area contributed by atoms with Gasteiger partial charge in [0.2, 0.25) is 5.91 Å². The van der Waals surface area contributed by atoms with Crippen LogP contribution in [0.4, 0.5) is 11.4 Å². The molecule has 0 atom stereocenters. The quantitative estimate of drug-likeness (QED) is 0.732. The summed E-state index contributed by atoms with van der Waals surface area (Å²) in [7, 11) is 0. The highest BCUT2D eigenvalue weighted by molar-refractivity contribution is 9.10. The van der Waals surface area contributed by atoms with Crippen molar-refractivity contribution in [3.8, 4) is 0 Å². The first-order chi connectivity index (χ1) is 9.95. The molecule has 3 nitrogen and oxygen atoms in total. The summed E-state index contributed by atoms with van der Waals surface area (Å²) in [6.45, 7) is 0. The zero-order valence-electron chi connectivity index (χ0n) is 11.0. The van der Waals surface area contributed by atoms with Crippen LogP contribution in [0.15, 0.2) is 40.9 Å². The van der Waals surface area contributed by atoms with E-state index in [4.69, 9.17) is 28.9 Å². The van der Waals surface area contributed by atoms with E-state index in [-0.39, 0.29) is 5.91 Å². The van der Waals surface area contributed by atoms with Gasteiger partial charge in [-0.2, -0.15) is 0 Å². The molecule has 0 spiro atoms. The molecule has 0 saturated carbocycles. The second-order valence-corrected chi connectivity index (χ2v) is 6.26. The summed E-state index contributed by atoms with van der Waals surface area (Å²) in [5, 5.41) is 3.41. The van der Waals surface area contributed by atoms with Crippen molar-refractivity contribution in [1.29, 1.82) is 0 Å². The highest BCUT2D eigenvalue weighted by Gasteiger charge is 2.08. The van der Waals surface area contributed by atoms with Crippen LogP contribution in [-0.2, 0) is 11.2 Å². The molecule has 1 amide bonds. The van der Waals surface area contributed by atoms with Crippen molar-refractivity contribution in [1.82, 2.24) is 0 Å². The Morgan fingerprint density at radius 2 is 1.86 bits per heavy atom. The molecule has 21 heavy (non-hydrogen) atoms. The van der Waals surface area contributed by atoms with Crippen LogP contribution in [-0.4, -0.2) is 5.91 Å². The molecule has 110 valence electrons. The van der Waals surface area contributed by atoms with Crippen molar-refractivity contribution >= 4 is 56.4 Å². The number of benzene rings is 2. The number of hydrogen-bond acceptors (Lipinski definition) is 2. The number of hydrogen-bond donors (Lipinski definition) is 2. The Hall–Kier alpha value is -1.23. The van der Waals surface area contributed by atoms with Crippen LogP contribution in [0.2, 0.25) is 10.0 Å². The number of amides is 1. The standard InChI is InChI=1S/C15H13BrCl2N2O/c16-10-3-1-2-9(6-10)4-5-14(21)20-11-7-12(17)15(19)13(18)8-11/h1-3,6-8H,4-5,19H2,(H,20,21). The summed E-state index contributed by atoms with van der Waals surface area (Å²) in [4.78, 5) is 11.9. The number of nitrogen functional groups attached to an aromatic ring is 1. The minimum absolute atomic E-state index is 0.105. The number of halogens is 3. The van der Waals surface area contributed by atoms with E-state index in [0.29, 0.717) is 34.3 Å². The van der Waals surface area contributed by atoms with Gasteiger partial charge in [-0.1, -0.05) is 51.3 Å². The molecule has 2 aromatic rings. The van der Waals surface area contributed by atoms with Crippen molar-refractivity contribution in [3.63, 3.8) is 0 Å². The number of aryl methyl sites for hydroxylation is 1. The van der Waals surface area contributed by atoms with Gasteiger partial charge in [-0.25, -0.2) is 0 Å². The Balaban J connectivity index is 1.96. The van der Waals surface area contributed by atoms with E-state index in [1.54, 1.807) is 12.1 Å². The fraction of sp³-hybridized carbons (Fsp3) is 0.133. The lowest BCUT2D eigenvalue weighted by Gasteiger charge is -2.08. The van der Waals surface area contributed by atoms with E-state index in [1.165, 1.54) is 0 Å². The average molecular weight is 388 g/mol. The van der Waals surface area contributed by atoms with Gasteiger partial charge in [0.25, 0.3) is 0 Å². The highest BCUT2D eigenvalue weighted by atomic mass is 79.9. The van der Waals surface area contributed by atoms with Crippen LogP contribution in [0.5, 0.6) is 0 Å². The van der Waals surface area contributed by atoms with E-state index in [0.717, 1.165) is 10.0 Å². The molecular formula is C15H13BrCl2N2O. The van der Waals surface area contributed by atoms with Crippen molar-refractivity contribution in [2.45, 2.75) is 12.8 Å². The summed E-state index contributed by atoms with van der Waals surface area (Å²) in [5.74, 6) is -0.105. The topological polar surface area (TPSA) is 55.1 Å². The molecule has 2 aromatic carbocycles. The Kier molecular flexibility index (Phi) is 5.51. The molecular weight excluding hydrogens is 375 g/mol. The van der Waals surface area contributed by atoms with Gasteiger partial charge in [-0.15, -0.1) is 0 Å². The monoisotopic (exact) mass is 386 g/mol. The normalized spacial score (nSPS) is 10.4. The lowest BCUT2D eigenvalue weighted by atomic mass is 10.1. The van der Waals surface area contributed by atoms with Gasteiger partial charge in [0.1, 0.15) is 0 Å². The third-order valence-corrected chi connectivity index (χ3v) is 4.01. The highest BCUT2D eigenvalue weighted by Crippen LogP contribution is 2.31. The van der Waals surface area contributed by atoms with E-state index >= 15 is 0 Å². The van der Waals surface area contributed by atoms with Gasteiger partial charge in [0.15, 0.2) is 0 Å². The lowest BCUT2D eigenvalue weighted by molar-refractivity contribution is -0.116. The fourth-order valence-corrected chi connectivity index (χ4v) is 2.76. The molecule has 0 aliphatic carbocycles. The molecule has 0 fully saturated rings. The number of carbonyl (C=O) groups is 1. The van der Waals surface area contributed by atoms with E-state index in [9.17, 15) is 4.79 Å². The second-order valence-electron chi connectivity index (χ2n) is 4.53. The molecule has 0 radical (unpaired) electrons. The van der Waals surface area contributed by atoms with Crippen molar-refractivity contribution < 1.29 is 4.79 Å². The van der Waals surface area contributed by atoms with Crippen LogP contribution < -0.4 is 11.1 Å². The van der Waals surface area contributed by atoms with Gasteiger partial charge in [0.05, 0.1) is 15.7 Å². The third kappa shape index (κ3) is 4.63. The molecule has 0 aliphatic rings. The Labute approximate surface area is 141 Å². The molecule has 6 heteroatoms. The number of nitrogens with two attached hydrogens (primary N) is 1. The van der Waals surface area contributed by atoms with E-state index < -0.39 is 0 Å². The zero-order chi connectivity index (χ0) is 15.4. The van der Waals surface area contributed by atoms with Gasteiger partial charge in [0, 0.05) is 16.6 Å². The Morgan fingerprint density at radius 1 is 1.19 bits per heavy atom. The smallest absolute Gasteiger partial charge is 0.224 e. The summed E-state index contributed by atoms with van der Waals surface area (Å²) in [6, 6.07) is 11.0. The number of carbonyl (C=O) groups excluding carboxylic acids is 1. The van der Waals surface area contributed by atoms with Gasteiger partial charge >= 0.3 is 0 Å². The van der Waals surface area contributed by atoms with Gasteiger partial charge in [-0.3, -0.25) is 4.79 Å². The molecule has 0 bridgehead atoms. The Morgan fingerprint density at radius 3 is 2.48 bits per heavy atom. The summed E-state index contributed by atoms with van der Waals surface area (Å²) < 4.78 is 0.998. The van der Waals surface area contributed by atoms with Crippen LogP contribution in [0.1, 0.15) is 12.0 Å². The predicted octanol–water partition coefficient (Wildman–Crippen LogP) is 4.91. The summed E-state index contributed by atoms with van der Waals surface area (Å²) >= 11 is 15.3. The van der Waals surface area contributed by atoms with Crippen molar-refractivity contribution in [3.05, 3.63) is 56.5 Å². The first-order valence-corrected chi connectivity index (χ1v) is 7.79. The Bertz CT molecular complexity index is 653. The molecule has 0 aromatic heterocycles. The minimum Gasteiger partial charge on any atom is -0.396 e. The van der Waals surface area contributed by atoms with Gasteiger partial charge < -0.3 is 11.1 Å². The SMILES string of the molecule is Nc1c(Cl)cc(NC(=O)CCc2cccc(Br)c2)cc1Cl. The average Bonchev–Trinajstić information content (AvgIpc) is 2.42. The first-order valence-electron chi connectivity index (χ1n) is 6.24. The number of nitrogens with one attached hydrogen (secondary N) is 1. The summed E-state index contributed by atoms with van der Waals surface area (Å²) in [6.07, 6.45) is 1.03. The molecule has 0 heterocycles. The van der Waals surface area contributed by atoms with Crippen molar-refractivity contribution in [2.75, 3.05) is 11.1 Å². The maximum atomic E-state index is 11.9. The van der Waals surface area contributed by atoms with E-state index in [1.807, 2.05) is 24.3 Å². The molecule has 2 rings (SSSR count). The lowest BCUT2D eigenvalue weighted by Crippen LogP contribution is -2.12. The van der Waals surface area contributed by atoms with Gasteiger partial charge in [-0.05, 0) is 36.2 Å². The third-order valence-electron chi connectivity index (χ3n) is 2.89. The van der Waals surface area contributed by atoms with Crippen LogP contribution in [0.25, 0.3) is 0 Å².